The van der Waals surface area contributed by atoms with Crippen LogP contribution < -0.4 is 15.4 Å². The number of hydrogen-bond donors (Lipinski definition) is 3. The number of hydrogen-bond acceptors (Lipinski definition) is 6. The van der Waals surface area contributed by atoms with E-state index in [2.05, 4.69) is 10.1 Å². The average molecular weight is 537 g/mol. The highest BCUT2D eigenvalue weighted by Gasteiger charge is 2.44. The predicted molar refractivity (Wildman–Crippen MR) is 109 cm³/mol. The number of halogens is 7. The minimum Gasteiger partial charge on any atom is -0.506 e. The Labute approximate surface area is 194 Å². The van der Waals surface area contributed by atoms with E-state index in [-0.39, 0.29) is 15.7 Å². The van der Waals surface area contributed by atoms with Crippen molar-refractivity contribution in [1.29, 1.82) is 0 Å². The van der Waals surface area contributed by atoms with Gasteiger partial charge in [-0.3, -0.25) is 4.79 Å². The highest BCUT2D eigenvalue weighted by atomic mass is 35.5. The van der Waals surface area contributed by atoms with Crippen LogP contribution in [0.5, 0.6) is 11.5 Å². The molecule has 0 aromatic heterocycles. The Balaban J connectivity index is 2.36. The number of phenols is 1. The van der Waals surface area contributed by atoms with Crippen LogP contribution in [0.1, 0.15) is 13.8 Å². The van der Waals surface area contributed by atoms with Crippen molar-refractivity contribution < 1.29 is 45.0 Å². The second-order valence-electron chi connectivity index (χ2n) is 6.87. The highest BCUT2D eigenvalue weighted by Crippen LogP contribution is 2.38. The lowest BCUT2D eigenvalue weighted by Crippen LogP contribution is -2.51. The summed E-state index contributed by atoms with van der Waals surface area (Å²) in [6.07, 6.45) is 0. The lowest BCUT2D eigenvalue weighted by Gasteiger charge is -2.27. The van der Waals surface area contributed by atoms with Crippen molar-refractivity contribution in [2.45, 2.75) is 23.6 Å². The zero-order chi connectivity index (χ0) is 25.3. The Hall–Kier alpha value is -2.51. The summed E-state index contributed by atoms with van der Waals surface area (Å²) in [6.45, 7) is -0.899. The Morgan fingerprint density at radius 3 is 2.18 bits per heavy atom. The Kier molecular flexibility index (Phi) is 7.92. The standard InChI is InChI=1S/C18H15Cl2F5N2O5S/c1-18(2,27-11(29)5-26-9-3-7(19)8(20)4-10(9)28)33(30,31)17-15(25)13(23)12(22)14(24)16(17)32-6-21/h3-4,26,28H,5-6H2,1-2H3,(H,27,29). The maximum atomic E-state index is 14.3. The number of phenolic OH excluding ortho intramolecular Hbond substituents is 1. The first-order chi connectivity index (χ1) is 15.2. The molecule has 0 heterocycles. The van der Waals surface area contributed by atoms with Gasteiger partial charge in [-0.1, -0.05) is 23.2 Å². The van der Waals surface area contributed by atoms with Gasteiger partial charge >= 0.3 is 0 Å². The molecule has 0 unspecified atom stereocenters. The number of aromatic hydroxyl groups is 1. The number of nitrogens with one attached hydrogen (secondary N) is 2. The van der Waals surface area contributed by atoms with Gasteiger partial charge in [-0.25, -0.2) is 26.0 Å². The number of rotatable bonds is 8. The van der Waals surface area contributed by atoms with Crippen molar-refractivity contribution in [3.05, 3.63) is 45.4 Å². The molecule has 0 spiro atoms. The molecule has 0 radical (unpaired) electrons. The van der Waals surface area contributed by atoms with Gasteiger partial charge in [0.25, 0.3) is 0 Å². The van der Waals surface area contributed by atoms with E-state index in [1.165, 1.54) is 6.07 Å². The summed E-state index contributed by atoms with van der Waals surface area (Å²) in [4.78, 5) is 8.00. The maximum Gasteiger partial charge on any atom is 0.240 e. The van der Waals surface area contributed by atoms with Crippen LogP contribution in [0.2, 0.25) is 10.0 Å². The van der Waals surface area contributed by atoms with Gasteiger partial charge in [-0.2, -0.15) is 4.39 Å². The summed E-state index contributed by atoms with van der Waals surface area (Å²) in [5, 5.41) is 14.3. The summed E-state index contributed by atoms with van der Waals surface area (Å²) in [7, 11) is -5.24. The van der Waals surface area contributed by atoms with E-state index < -0.39 is 73.7 Å². The SMILES string of the molecule is CC(C)(NC(=O)CNc1cc(Cl)c(Cl)cc1O)S(=O)(=O)c1c(F)c(F)c(F)c(F)c1OCF. The second kappa shape index (κ2) is 9.77. The first-order valence-electron chi connectivity index (χ1n) is 8.68. The van der Waals surface area contributed by atoms with E-state index in [0.717, 1.165) is 19.9 Å². The van der Waals surface area contributed by atoms with E-state index >= 15 is 0 Å². The molecule has 7 nitrogen and oxygen atoms in total. The van der Waals surface area contributed by atoms with Crippen LogP contribution in [0.3, 0.4) is 0 Å². The third-order valence-corrected chi connectivity index (χ3v) is 7.31. The van der Waals surface area contributed by atoms with E-state index in [0.29, 0.717) is 0 Å². The fourth-order valence-corrected chi connectivity index (χ4v) is 4.37. The van der Waals surface area contributed by atoms with Gasteiger partial charge in [-0.05, 0) is 19.9 Å². The number of ether oxygens (including phenoxy) is 1. The number of sulfone groups is 1. The lowest BCUT2D eigenvalue weighted by atomic mass is 10.3. The molecule has 0 saturated heterocycles. The molecule has 0 saturated carbocycles. The lowest BCUT2D eigenvalue weighted by molar-refractivity contribution is -0.120. The normalized spacial score (nSPS) is 11.9. The summed E-state index contributed by atoms with van der Waals surface area (Å²) in [6, 6.07) is 2.25. The molecule has 1 amide bonds. The smallest absolute Gasteiger partial charge is 0.240 e. The van der Waals surface area contributed by atoms with E-state index in [9.17, 15) is 40.3 Å². The number of carbonyl (C=O) groups excluding carboxylic acids is 1. The minimum absolute atomic E-state index is 0.0171. The molecular weight excluding hydrogens is 522 g/mol. The molecule has 0 aliphatic heterocycles. The average Bonchev–Trinajstić information content (AvgIpc) is 2.71. The molecule has 0 atom stereocenters. The van der Waals surface area contributed by atoms with Crippen LogP contribution in [0, 0.1) is 23.3 Å². The van der Waals surface area contributed by atoms with Crippen LogP contribution in [-0.4, -0.2) is 37.7 Å². The summed E-state index contributed by atoms with van der Waals surface area (Å²) < 4.78 is 98.1. The largest absolute Gasteiger partial charge is 0.506 e. The van der Waals surface area contributed by atoms with Gasteiger partial charge in [-0.15, -0.1) is 0 Å². The first kappa shape index (κ1) is 26.7. The molecule has 0 fully saturated rings. The van der Waals surface area contributed by atoms with Crippen molar-refractivity contribution in [3.8, 4) is 11.5 Å². The molecule has 2 aromatic rings. The van der Waals surface area contributed by atoms with Gasteiger partial charge in [0, 0.05) is 6.07 Å². The maximum absolute atomic E-state index is 14.3. The van der Waals surface area contributed by atoms with Crippen molar-refractivity contribution in [3.63, 3.8) is 0 Å². The zero-order valence-electron chi connectivity index (χ0n) is 16.7. The van der Waals surface area contributed by atoms with Gasteiger partial charge in [0.05, 0.1) is 22.3 Å². The molecule has 182 valence electrons. The van der Waals surface area contributed by atoms with Gasteiger partial charge in [0.15, 0.2) is 22.3 Å². The number of anilines is 1. The zero-order valence-corrected chi connectivity index (χ0v) is 19.0. The van der Waals surface area contributed by atoms with Crippen LogP contribution in [0.25, 0.3) is 0 Å². The highest BCUT2D eigenvalue weighted by molar-refractivity contribution is 7.92. The molecule has 2 aromatic carbocycles. The molecule has 0 aliphatic rings. The van der Waals surface area contributed by atoms with Crippen LogP contribution in [0.15, 0.2) is 17.0 Å². The van der Waals surface area contributed by atoms with Crippen molar-refractivity contribution in [2.24, 2.45) is 0 Å². The molecule has 33 heavy (non-hydrogen) atoms. The third kappa shape index (κ3) is 5.20. The third-order valence-electron chi connectivity index (χ3n) is 4.24. The van der Waals surface area contributed by atoms with Crippen LogP contribution in [-0.2, 0) is 14.6 Å². The molecular formula is C18H15Cl2F5N2O5S. The van der Waals surface area contributed by atoms with Gasteiger partial charge in [0.1, 0.15) is 10.6 Å². The predicted octanol–water partition coefficient (Wildman–Crippen LogP) is 4.30. The van der Waals surface area contributed by atoms with Crippen molar-refractivity contribution >= 4 is 44.6 Å². The molecule has 3 N–H and O–H groups in total. The van der Waals surface area contributed by atoms with Crippen LogP contribution >= 0.6 is 23.2 Å². The Morgan fingerprint density at radius 2 is 1.61 bits per heavy atom. The fraction of sp³-hybridized carbons (Fsp3) is 0.278. The second-order valence-corrected chi connectivity index (χ2v) is 10.1. The van der Waals surface area contributed by atoms with Gasteiger partial charge in [0.2, 0.25) is 34.2 Å². The summed E-state index contributed by atoms with van der Waals surface area (Å²) >= 11 is 11.5. The van der Waals surface area contributed by atoms with Crippen LogP contribution in [0.4, 0.5) is 27.6 Å². The number of benzene rings is 2. The van der Waals surface area contributed by atoms with Crippen molar-refractivity contribution in [1.82, 2.24) is 5.32 Å². The summed E-state index contributed by atoms with van der Waals surface area (Å²) in [5.41, 5.74) is -0.0485. The quantitative estimate of drug-likeness (QED) is 0.153. The minimum atomic E-state index is -5.24. The van der Waals surface area contributed by atoms with E-state index in [4.69, 9.17) is 23.2 Å². The fourth-order valence-electron chi connectivity index (χ4n) is 2.57. The topological polar surface area (TPSA) is 105 Å². The summed E-state index contributed by atoms with van der Waals surface area (Å²) in [5.74, 6) is -12.7. The van der Waals surface area contributed by atoms with Gasteiger partial charge < -0.3 is 20.5 Å². The molecule has 0 aliphatic carbocycles. The number of carbonyl (C=O) groups is 1. The van der Waals surface area contributed by atoms with Crippen molar-refractivity contribution in [2.75, 3.05) is 18.7 Å². The Morgan fingerprint density at radius 1 is 1.06 bits per heavy atom. The Bertz CT molecular complexity index is 1210. The van der Waals surface area contributed by atoms with E-state index in [1.807, 2.05) is 5.32 Å². The molecule has 15 heteroatoms. The molecule has 0 bridgehead atoms. The number of amides is 1. The molecule has 2 rings (SSSR count). The first-order valence-corrected chi connectivity index (χ1v) is 10.9. The monoisotopic (exact) mass is 536 g/mol. The van der Waals surface area contributed by atoms with E-state index in [1.54, 1.807) is 0 Å². The number of alkyl halides is 1.